The first-order chi connectivity index (χ1) is 10.2. The highest BCUT2D eigenvalue weighted by atomic mass is 32.1. The van der Waals surface area contributed by atoms with Crippen molar-refractivity contribution in [2.45, 2.75) is 19.8 Å². The number of rotatable bonds is 8. The van der Waals surface area contributed by atoms with Gasteiger partial charge in [-0.2, -0.15) is 0 Å². The number of hydrogen-bond donors (Lipinski definition) is 2. The number of nitrogens with one attached hydrogen (secondary N) is 1. The standard InChI is InChI=1S/C15H21N3O2S/c1-11-5-6-12(10-13(11)19)15-18-17-14(21-15)4-3-7-16-8-9-20-2/h5-6,10,16,19H,3-4,7-9H2,1-2H3. The Morgan fingerprint density at radius 2 is 2.14 bits per heavy atom. The molecule has 2 rings (SSSR count). The van der Waals surface area contributed by atoms with Crippen LogP contribution < -0.4 is 5.32 Å². The number of phenolic OH excluding ortho intramolecular Hbond substituents is 1. The van der Waals surface area contributed by atoms with Crippen molar-refractivity contribution in [3.63, 3.8) is 0 Å². The number of aromatic nitrogens is 2. The van der Waals surface area contributed by atoms with Crippen molar-refractivity contribution in [3.8, 4) is 16.3 Å². The third-order valence-corrected chi connectivity index (χ3v) is 4.18. The van der Waals surface area contributed by atoms with Crippen LogP contribution in [0.2, 0.25) is 0 Å². The van der Waals surface area contributed by atoms with E-state index in [1.807, 2.05) is 19.1 Å². The minimum absolute atomic E-state index is 0.298. The fraction of sp³-hybridized carbons (Fsp3) is 0.467. The second-order valence-electron chi connectivity index (χ2n) is 4.85. The Hall–Kier alpha value is -1.50. The fourth-order valence-electron chi connectivity index (χ4n) is 1.88. The summed E-state index contributed by atoms with van der Waals surface area (Å²) >= 11 is 1.58. The maximum absolute atomic E-state index is 9.75. The number of benzene rings is 1. The van der Waals surface area contributed by atoms with Gasteiger partial charge >= 0.3 is 0 Å². The van der Waals surface area contributed by atoms with Crippen LogP contribution in [0.5, 0.6) is 5.75 Å². The molecule has 0 bridgehead atoms. The first kappa shape index (κ1) is 15.9. The summed E-state index contributed by atoms with van der Waals surface area (Å²) < 4.78 is 4.97. The smallest absolute Gasteiger partial charge is 0.147 e. The Kier molecular flexibility index (Phi) is 6.10. The van der Waals surface area contributed by atoms with E-state index in [4.69, 9.17) is 4.74 Å². The molecule has 1 aromatic carbocycles. The molecule has 1 aromatic heterocycles. The van der Waals surface area contributed by atoms with Crippen LogP contribution in [0.25, 0.3) is 10.6 Å². The average molecular weight is 307 g/mol. The van der Waals surface area contributed by atoms with Crippen LogP contribution >= 0.6 is 11.3 Å². The zero-order valence-corrected chi connectivity index (χ0v) is 13.2. The maximum Gasteiger partial charge on any atom is 0.147 e. The predicted octanol–water partition coefficient (Wildman–Crippen LogP) is 2.39. The lowest BCUT2D eigenvalue weighted by molar-refractivity contribution is 0.199. The van der Waals surface area contributed by atoms with Gasteiger partial charge in [-0.1, -0.05) is 23.5 Å². The topological polar surface area (TPSA) is 67.3 Å². The summed E-state index contributed by atoms with van der Waals surface area (Å²) in [7, 11) is 1.70. The molecule has 6 heteroatoms. The summed E-state index contributed by atoms with van der Waals surface area (Å²) in [6.45, 7) is 4.44. The molecule has 1 heterocycles. The molecular formula is C15H21N3O2S. The van der Waals surface area contributed by atoms with Crippen LogP contribution in [0.15, 0.2) is 18.2 Å². The van der Waals surface area contributed by atoms with Gasteiger partial charge in [-0.3, -0.25) is 0 Å². The summed E-state index contributed by atoms with van der Waals surface area (Å²) in [5.74, 6) is 0.298. The van der Waals surface area contributed by atoms with Crippen molar-refractivity contribution in [1.82, 2.24) is 15.5 Å². The van der Waals surface area contributed by atoms with Gasteiger partial charge in [0, 0.05) is 25.6 Å². The molecule has 2 N–H and O–H groups in total. The van der Waals surface area contributed by atoms with Gasteiger partial charge in [0.2, 0.25) is 0 Å². The van der Waals surface area contributed by atoms with E-state index in [9.17, 15) is 5.11 Å². The highest BCUT2D eigenvalue weighted by Crippen LogP contribution is 2.28. The van der Waals surface area contributed by atoms with E-state index < -0.39 is 0 Å². The molecule has 0 aliphatic heterocycles. The summed E-state index contributed by atoms with van der Waals surface area (Å²) in [6, 6.07) is 5.60. The maximum atomic E-state index is 9.75. The Labute approximate surface area is 129 Å². The first-order valence-corrected chi connectivity index (χ1v) is 7.84. The van der Waals surface area contributed by atoms with Crippen LogP contribution in [0, 0.1) is 6.92 Å². The van der Waals surface area contributed by atoms with Crippen molar-refractivity contribution in [2.75, 3.05) is 26.8 Å². The SMILES string of the molecule is COCCNCCCc1nnc(-c2ccc(C)c(O)c2)s1. The van der Waals surface area contributed by atoms with E-state index in [1.165, 1.54) is 0 Å². The number of aromatic hydroxyl groups is 1. The summed E-state index contributed by atoms with van der Waals surface area (Å²) in [5.41, 5.74) is 1.78. The second-order valence-corrected chi connectivity index (χ2v) is 5.91. The normalized spacial score (nSPS) is 11.0. The van der Waals surface area contributed by atoms with Crippen LogP contribution in [-0.4, -0.2) is 42.1 Å². The van der Waals surface area contributed by atoms with Crippen molar-refractivity contribution >= 4 is 11.3 Å². The monoisotopic (exact) mass is 307 g/mol. The quantitative estimate of drug-likeness (QED) is 0.733. The highest BCUT2D eigenvalue weighted by molar-refractivity contribution is 7.14. The fourth-order valence-corrected chi connectivity index (χ4v) is 2.76. The number of hydrogen-bond acceptors (Lipinski definition) is 6. The molecule has 0 amide bonds. The van der Waals surface area contributed by atoms with Gasteiger partial charge in [0.1, 0.15) is 15.8 Å². The molecule has 0 unspecified atom stereocenters. The second kappa shape index (κ2) is 8.07. The predicted molar refractivity (Wildman–Crippen MR) is 84.8 cm³/mol. The van der Waals surface area contributed by atoms with Gasteiger partial charge in [-0.15, -0.1) is 10.2 Å². The van der Waals surface area contributed by atoms with Crippen LogP contribution in [0.1, 0.15) is 17.0 Å². The van der Waals surface area contributed by atoms with Crippen molar-refractivity contribution < 1.29 is 9.84 Å². The van der Waals surface area contributed by atoms with Crippen molar-refractivity contribution in [1.29, 1.82) is 0 Å². The largest absolute Gasteiger partial charge is 0.508 e. The van der Waals surface area contributed by atoms with Gasteiger partial charge in [-0.05, 0) is 31.5 Å². The Bertz CT molecular complexity index is 572. The molecule has 0 aliphatic carbocycles. The minimum Gasteiger partial charge on any atom is -0.508 e. The van der Waals surface area contributed by atoms with Gasteiger partial charge in [0.05, 0.1) is 6.61 Å². The molecule has 0 aliphatic rings. The van der Waals surface area contributed by atoms with Crippen LogP contribution in [0.3, 0.4) is 0 Å². The van der Waals surface area contributed by atoms with Gasteiger partial charge in [0.15, 0.2) is 0 Å². The lowest BCUT2D eigenvalue weighted by Gasteiger charge is -2.02. The third kappa shape index (κ3) is 4.77. The van der Waals surface area contributed by atoms with E-state index in [0.29, 0.717) is 5.75 Å². The average Bonchev–Trinajstić information content (AvgIpc) is 2.94. The van der Waals surface area contributed by atoms with Crippen molar-refractivity contribution in [2.24, 2.45) is 0 Å². The first-order valence-electron chi connectivity index (χ1n) is 7.02. The molecule has 0 saturated carbocycles. The van der Waals surface area contributed by atoms with Gasteiger partial charge in [0.25, 0.3) is 0 Å². The van der Waals surface area contributed by atoms with E-state index in [-0.39, 0.29) is 0 Å². The minimum atomic E-state index is 0.298. The lowest BCUT2D eigenvalue weighted by atomic mass is 10.1. The Balaban J connectivity index is 1.85. The lowest BCUT2D eigenvalue weighted by Crippen LogP contribution is -2.20. The van der Waals surface area contributed by atoms with Crippen LogP contribution in [-0.2, 0) is 11.2 Å². The van der Waals surface area contributed by atoms with E-state index >= 15 is 0 Å². The third-order valence-electron chi connectivity index (χ3n) is 3.15. The Morgan fingerprint density at radius 1 is 1.29 bits per heavy atom. The number of aryl methyl sites for hydroxylation is 2. The zero-order valence-electron chi connectivity index (χ0n) is 12.4. The van der Waals surface area contributed by atoms with E-state index in [2.05, 4.69) is 15.5 Å². The molecule has 5 nitrogen and oxygen atoms in total. The number of ether oxygens (including phenoxy) is 1. The molecule has 0 saturated heterocycles. The summed E-state index contributed by atoms with van der Waals surface area (Å²) in [5, 5.41) is 23.4. The highest BCUT2D eigenvalue weighted by Gasteiger charge is 2.08. The molecule has 0 radical (unpaired) electrons. The molecule has 2 aromatic rings. The van der Waals surface area contributed by atoms with Crippen molar-refractivity contribution in [3.05, 3.63) is 28.8 Å². The molecule has 21 heavy (non-hydrogen) atoms. The molecule has 114 valence electrons. The molecular weight excluding hydrogens is 286 g/mol. The van der Waals surface area contributed by atoms with Gasteiger partial charge < -0.3 is 15.2 Å². The molecule has 0 atom stereocenters. The van der Waals surface area contributed by atoms with E-state index in [0.717, 1.165) is 53.7 Å². The zero-order chi connectivity index (χ0) is 15.1. The van der Waals surface area contributed by atoms with E-state index in [1.54, 1.807) is 24.5 Å². The summed E-state index contributed by atoms with van der Waals surface area (Å²) in [4.78, 5) is 0. The number of phenols is 1. The molecule has 0 spiro atoms. The van der Waals surface area contributed by atoms with Gasteiger partial charge in [-0.25, -0.2) is 0 Å². The number of methoxy groups -OCH3 is 1. The number of nitrogens with zero attached hydrogens (tertiary/aromatic N) is 2. The summed E-state index contributed by atoms with van der Waals surface area (Å²) in [6.07, 6.45) is 1.94. The van der Waals surface area contributed by atoms with Crippen LogP contribution in [0.4, 0.5) is 0 Å². The Morgan fingerprint density at radius 3 is 2.90 bits per heavy atom. The molecule has 0 fully saturated rings.